The molecular formula is C21H13N5O. The molecule has 6 rings (SSSR count). The molecule has 6 nitrogen and oxygen atoms in total. The predicted octanol–water partition coefficient (Wildman–Crippen LogP) is 4.48. The number of rotatable bonds is 2. The van der Waals surface area contributed by atoms with Crippen molar-refractivity contribution in [2.75, 3.05) is 0 Å². The van der Waals surface area contributed by atoms with Crippen molar-refractivity contribution in [1.29, 1.82) is 0 Å². The zero-order valence-corrected chi connectivity index (χ0v) is 14.1. The second-order valence-corrected chi connectivity index (χ2v) is 6.32. The second kappa shape index (κ2) is 5.28. The highest BCUT2D eigenvalue weighted by Crippen LogP contribution is 2.29. The van der Waals surface area contributed by atoms with Gasteiger partial charge in [-0.15, -0.1) is 5.10 Å². The largest absolute Gasteiger partial charge is 0.403 e. The van der Waals surface area contributed by atoms with E-state index in [4.69, 9.17) is 9.40 Å². The first-order chi connectivity index (χ1) is 13.4. The number of imidazole rings is 2. The van der Waals surface area contributed by atoms with Gasteiger partial charge in [-0.2, -0.15) is 0 Å². The molecule has 0 amide bonds. The molecule has 6 aromatic rings. The van der Waals surface area contributed by atoms with Crippen LogP contribution in [0.25, 0.3) is 45.3 Å². The third-order valence-corrected chi connectivity index (χ3v) is 4.73. The fourth-order valence-corrected chi connectivity index (χ4v) is 3.54. The van der Waals surface area contributed by atoms with E-state index in [2.05, 4.69) is 26.7 Å². The Balaban J connectivity index is 1.68. The van der Waals surface area contributed by atoms with Crippen molar-refractivity contribution >= 4 is 27.8 Å². The van der Waals surface area contributed by atoms with Crippen molar-refractivity contribution in [1.82, 2.24) is 24.1 Å². The van der Waals surface area contributed by atoms with E-state index in [9.17, 15) is 0 Å². The second-order valence-electron chi connectivity index (χ2n) is 6.32. The summed E-state index contributed by atoms with van der Waals surface area (Å²) in [6.45, 7) is 0. The van der Waals surface area contributed by atoms with E-state index in [1.54, 1.807) is 0 Å². The molecule has 3 aromatic carbocycles. The van der Waals surface area contributed by atoms with Crippen LogP contribution in [0, 0.1) is 0 Å². The van der Waals surface area contributed by atoms with Gasteiger partial charge in [0.15, 0.2) is 0 Å². The van der Waals surface area contributed by atoms with E-state index in [0.717, 1.165) is 33.4 Å². The molecule has 0 saturated carbocycles. The number of hydrogen-bond acceptors (Lipinski definition) is 4. The van der Waals surface area contributed by atoms with Crippen LogP contribution in [-0.2, 0) is 0 Å². The van der Waals surface area contributed by atoms with Crippen LogP contribution in [-0.4, -0.2) is 24.1 Å². The van der Waals surface area contributed by atoms with Gasteiger partial charge < -0.3 is 4.42 Å². The van der Waals surface area contributed by atoms with Gasteiger partial charge in [-0.05, 0) is 36.4 Å². The van der Waals surface area contributed by atoms with Crippen molar-refractivity contribution in [2.45, 2.75) is 0 Å². The van der Waals surface area contributed by atoms with Crippen molar-refractivity contribution < 1.29 is 4.42 Å². The molecule has 3 aromatic heterocycles. The summed E-state index contributed by atoms with van der Waals surface area (Å²) in [4.78, 5) is 4.81. The Kier molecular flexibility index (Phi) is 2.79. The van der Waals surface area contributed by atoms with Crippen LogP contribution in [0.4, 0.5) is 0 Å². The first kappa shape index (κ1) is 14.3. The van der Waals surface area contributed by atoms with Crippen LogP contribution < -0.4 is 0 Å². The Morgan fingerprint density at radius 3 is 2.22 bits per heavy atom. The highest BCUT2D eigenvalue weighted by atomic mass is 16.4. The number of hydrogen-bond donors (Lipinski definition) is 0. The van der Waals surface area contributed by atoms with Crippen LogP contribution in [0.15, 0.2) is 83.3 Å². The molecule has 128 valence electrons. The summed E-state index contributed by atoms with van der Waals surface area (Å²) in [5.41, 5.74) is 4.87. The predicted molar refractivity (Wildman–Crippen MR) is 103 cm³/mol. The van der Waals surface area contributed by atoms with Crippen LogP contribution in [0.3, 0.4) is 0 Å². The number of fused-ring (bicyclic) bond motifs is 5. The quantitative estimate of drug-likeness (QED) is 0.461. The highest BCUT2D eigenvalue weighted by Gasteiger charge is 2.20. The maximum atomic E-state index is 6.01. The molecule has 0 unspecified atom stereocenters. The molecule has 0 aliphatic heterocycles. The Morgan fingerprint density at radius 1 is 0.667 bits per heavy atom. The maximum Gasteiger partial charge on any atom is 0.330 e. The van der Waals surface area contributed by atoms with Crippen molar-refractivity contribution in [2.24, 2.45) is 0 Å². The first-order valence-electron chi connectivity index (χ1n) is 8.66. The van der Waals surface area contributed by atoms with Gasteiger partial charge in [0.2, 0.25) is 11.7 Å². The van der Waals surface area contributed by atoms with E-state index in [1.807, 2.05) is 71.3 Å². The lowest BCUT2D eigenvalue weighted by Gasteiger charge is -1.98. The molecule has 6 heteroatoms. The number of nitrogens with zero attached hydrogens (tertiary/aromatic N) is 5. The summed E-state index contributed by atoms with van der Waals surface area (Å²) in [6, 6.07) is 26.3. The van der Waals surface area contributed by atoms with E-state index in [-0.39, 0.29) is 0 Å². The third-order valence-electron chi connectivity index (χ3n) is 4.73. The van der Waals surface area contributed by atoms with Gasteiger partial charge in [0.25, 0.3) is 0 Å². The molecule has 0 atom stereocenters. The minimum absolute atomic E-state index is 0.398. The van der Waals surface area contributed by atoms with E-state index >= 15 is 0 Å². The standard InChI is InChI=1S/C21H13N5O/c1-2-8-14(9-3-1)19-23-24-21(27-19)26-18-13-7-6-12-17(18)25-16-11-5-4-10-15(16)22-20(25)26/h1-13H. The van der Waals surface area contributed by atoms with Crippen LogP contribution in [0.1, 0.15) is 0 Å². The molecular weight excluding hydrogens is 338 g/mol. The number of benzene rings is 3. The third kappa shape index (κ3) is 1.98. The van der Waals surface area contributed by atoms with E-state index in [0.29, 0.717) is 11.9 Å². The minimum Gasteiger partial charge on any atom is -0.403 e. The Labute approximate surface area is 153 Å². The van der Waals surface area contributed by atoms with Crippen molar-refractivity contribution in [3.8, 4) is 17.5 Å². The van der Waals surface area contributed by atoms with Gasteiger partial charge in [0.1, 0.15) is 0 Å². The molecule has 0 spiro atoms. The molecule has 0 bridgehead atoms. The first-order valence-corrected chi connectivity index (χ1v) is 8.66. The van der Waals surface area contributed by atoms with Gasteiger partial charge in [-0.1, -0.05) is 47.6 Å². The topological polar surface area (TPSA) is 61.2 Å². The molecule has 27 heavy (non-hydrogen) atoms. The van der Waals surface area contributed by atoms with Gasteiger partial charge in [-0.3, -0.25) is 4.40 Å². The van der Waals surface area contributed by atoms with Crippen LogP contribution >= 0.6 is 0 Å². The van der Waals surface area contributed by atoms with Crippen LogP contribution in [0.2, 0.25) is 0 Å². The molecule has 0 aliphatic rings. The van der Waals surface area contributed by atoms with E-state index in [1.165, 1.54) is 0 Å². The summed E-state index contributed by atoms with van der Waals surface area (Å²) < 4.78 is 10.0. The number of aromatic nitrogens is 5. The monoisotopic (exact) mass is 351 g/mol. The average molecular weight is 351 g/mol. The normalized spacial score (nSPS) is 11.7. The fraction of sp³-hybridized carbons (Fsp3) is 0. The van der Waals surface area contributed by atoms with Crippen molar-refractivity contribution in [3.63, 3.8) is 0 Å². The summed E-state index contributed by atoms with van der Waals surface area (Å²) in [6.07, 6.45) is 0. The molecule has 0 aliphatic carbocycles. The fourth-order valence-electron chi connectivity index (χ4n) is 3.54. The lowest BCUT2D eigenvalue weighted by atomic mass is 10.2. The Bertz CT molecular complexity index is 1420. The Morgan fingerprint density at radius 2 is 1.37 bits per heavy atom. The Hall–Kier alpha value is -3.93. The summed E-state index contributed by atoms with van der Waals surface area (Å²) in [7, 11) is 0. The van der Waals surface area contributed by atoms with Gasteiger partial charge in [0.05, 0.1) is 22.1 Å². The summed E-state index contributed by atoms with van der Waals surface area (Å²) in [5, 5.41) is 8.53. The summed E-state index contributed by atoms with van der Waals surface area (Å²) in [5.74, 6) is 1.23. The molecule has 0 fully saturated rings. The van der Waals surface area contributed by atoms with Crippen molar-refractivity contribution in [3.05, 3.63) is 78.9 Å². The summed E-state index contributed by atoms with van der Waals surface area (Å²) >= 11 is 0. The smallest absolute Gasteiger partial charge is 0.330 e. The lowest BCUT2D eigenvalue weighted by molar-refractivity contribution is 0.544. The van der Waals surface area contributed by atoms with Gasteiger partial charge in [-0.25, -0.2) is 9.55 Å². The van der Waals surface area contributed by atoms with Gasteiger partial charge in [0, 0.05) is 5.56 Å². The van der Waals surface area contributed by atoms with Crippen LogP contribution in [0.5, 0.6) is 0 Å². The minimum atomic E-state index is 0.398. The molecule has 3 heterocycles. The van der Waals surface area contributed by atoms with E-state index < -0.39 is 0 Å². The average Bonchev–Trinajstić information content (AvgIpc) is 3.41. The molecule has 0 radical (unpaired) electrons. The molecule has 0 N–H and O–H groups in total. The molecule has 0 saturated heterocycles. The lowest BCUT2D eigenvalue weighted by Crippen LogP contribution is -1.95. The van der Waals surface area contributed by atoms with Gasteiger partial charge >= 0.3 is 6.01 Å². The zero-order chi connectivity index (χ0) is 17.8. The SMILES string of the molecule is c1ccc(-c2nnc(-n3c4ccccc4n4c5ccccc5nc34)o2)cc1. The number of para-hydroxylation sites is 4. The zero-order valence-electron chi connectivity index (χ0n) is 14.1. The maximum absolute atomic E-state index is 6.01. The highest BCUT2D eigenvalue weighted by molar-refractivity contribution is 5.91.